The van der Waals surface area contributed by atoms with Gasteiger partial charge in [-0.25, -0.2) is 4.39 Å². The van der Waals surface area contributed by atoms with Gasteiger partial charge in [-0.15, -0.1) is 11.3 Å². The van der Waals surface area contributed by atoms with Gasteiger partial charge in [-0.3, -0.25) is 0 Å². The van der Waals surface area contributed by atoms with Crippen LogP contribution in [-0.4, -0.2) is 17.3 Å². The molecule has 102 valence electrons. The molecule has 0 unspecified atom stereocenters. The Balaban J connectivity index is 1.97. The highest BCUT2D eigenvalue weighted by Gasteiger charge is 2.11. The van der Waals surface area contributed by atoms with Crippen LogP contribution >= 0.6 is 11.3 Å². The molecule has 19 heavy (non-hydrogen) atoms. The van der Waals surface area contributed by atoms with Gasteiger partial charge in [-0.1, -0.05) is 12.1 Å². The van der Waals surface area contributed by atoms with Crippen LogP contribution < -0.4 is 5.32 Å². The van der Waals surface area contributed by atoms with Gasteiger partial charge in [-0.2, -0.15) is 0 Å². The molecule has 0 amide bonds. The second kappa shape index (κ2) is 5.82. The van der Waals surface area contributed by atoms with E-state index in [1.165, 1.54) is 17.0 Å². The molecular weight excluding hydrogens is 261 g/mol. The van der Waals surface area contributed by atoms with Crippen LogP contribution in [0.3, 0.4) is 0 Å². The van der Waals surface area contributed by atoms with Crippen molar-refractivity contribution in [2.75, 3.05) is 6.54 Å². The topological polar surface area (TPSA) is 32.3 Å². The molecule has 0 aliphatic rings. The lowest BCUT2D eigenvalue weighted by atomic mass is 10.1. The van der Waals surface area contributed by atoms with Crippen LogP contribution in [0.4, 0.5) is 4.39 Å². The van der Waals surface area contributed by atoms with E-state index in [0.717, 1.165) is 17.0 Å². The van der Waals surface area contributed by atoms with Crippen molar-refractivity contribution in [1.29, 1.82) is 0 Å². The van der Waals surface area contributed by atoms with Crippen LogP contribution in [0.5, 0.6) is 0 Å². The fraction of sp³-hybridized carbons (Fsp3) is 0.333. The Kier molecular flexibility index (Phi) is 4.34. The number of benzene rings is 1. The molecule has 0 aliphatic carbocycles. The molecule has 2 rings (SSSR count). The minimum Gasteiger partial charge on any atom is -0.389 e. The van der Waals surface area contributed by atoms with Crippen LogP contribution in [0.2, 0.25) is 0 Å². The van der Waals surface area contributed by atoms with Crippen LogP contribution in [0.15, 0.2) is 36.4 Å². The van der Waals surface area contributed by atoms with Gasteiger partial charge in [0.05, 0.1) is 5.60 Å². The van der Waals surface area contributed by atoms with Gasteiger partial charge in [0.1, 0.15) is 5.82 Å². The van der Waals surface area contributed by atoms with Gasteiger partial charge >= 0.3 is 0 Å². The van der Waals surface area contributed by atoms with Crippen molar-refractivity contribution in [3.05, 3.63) is 47.1 Å². The van der Waals surface area contributed by atoms with E-state index < -0.39 is 5.60 Å². The van der Waals surface area contributed by atoms with Gasteiger partial charge in [-0.05, 0) is 43.7 Å². The summed E-state index contributed by atoms with van der Waals surface area (Å²) in [6.45, 7) is 4.84. The molecule has 1 heterocycles. The lowest BCUT2D eigenvalue weighted by molar-refractivity contribution is 0.0796. The summed E-state index contributed by atoms with van der Waals surface area (Å²) >= 11 is 1.68. The fourth-order valence-electron chi connectivity index (χ4n) is 1.73. The average Bonchev–Trinajstić information content (AvgIpc) is 2.77. The number of hydrogen-bond donors (Lipinski definition) is 2. The van der Waals surface area contributed by atoms with Crippen LogP contribution in [0, 0.1) is 5.82 Å². The predicted molar refractivity (Wildman–Crippen MR) is 77.7 cm³/mol. The first-order chi connectivity index (χ1) is 8.94. The van der Waals surface area contributed by atoms with E-state index in [9.17, 15) is 9.50 Å². The summed E-state index contributed by atoms with van der Waals surface area (Å²) in [6.07, 6.45) is 0. The Labute approximate surface area is 116 Å². The Morgan fingerprint density at radius 1 is 1.16 bits per heavy atom. The zero-order valence-electron chi connectivity index (χ0n) is 11.1. The summed E-state index contributed by atoms with van der Waals surface area (Å²) in [5.41, 5.74) is 0.331. The average molecular weight is 279 g/mol. The molecule has 0 atom stereocenters. The van der Waals surface area contributed by atoms with Crippen LogP contribution in [0.1, 0.15) is 18.7 Å². The maximum atomic E-state index is 12.9. The maximum Gasteiger partial charge on any atom is 0.123 e. The maximum absolute atomic E-state index is 12.9. The Morgan fingerprint density at radius 2 is 1.84 bits per heavy atom. The Bertz CT molecular complexity index is 528. The molecule has 1 aromatic heterocycles. The number of hydrogen-bond acceptors (Lipinski definition) is 3. The van der Waals surface area contributed by atoms with Crippen molar-refractivity contribution in [2.24, 2.45) is 0 Å². The molecule has 2 nitrogen and oxygen atoms in total. The normalized spacial score (nSPS) is 11.8. The Morgan fingerprint density at radius 3 is 2.47 bits per heavy atom. The fourth-order valence-corrected chi connectivity index (χ4v) is 2.72. The standard InChI is InChI=1S/C15H18FNOS/c1-15(2,18)10-17-9-13-7-8-14(19-13)11-3-5-12(16)6-4-11/h3-8,17-18H,9-10H2,1-2H3. The first-order valence-electron chi connectivity index (χ1n) is 6.22. The molecular formula is C15H18FNOS. The van der Waals surface area contributed by atoms with E-state index in [1.807, 2.05) is 6.07 Å². The number of aliphatic hydroxyl groups is 1. The summed E-state index contributed by atoms with van der Waals surface area (Å²) in [7, 11) is 0. The molecule has 0 aliphatic heterocycles. The first-order valence-corrected chi connectivity index (χ1v) is 7.03. The third-order valence-electron chi connectivity index (χ3n) is 2.65. The summed E-state index contributed by atoms with van der Waals surface area (Å²) < 4.78 is 12.9. The second-order valence-corrected chi connectivity index (χ2v) is 6.36. The zero-order valence-corrected chi connectivity index (χ0v) is 11.9. The van der Waals surface area contributed by atoms with Crippen LogP contribution in [-0.2, 0) is 6.54 Å². The minimum absolute atomic E-state index is 0.215. The molecule has 0 spiro atoms. The summed E-state index contributed by atoms with van der Waals surface area (Å²) in [6, 6.07) is 10.6. The third kappa shape index (κ3) is 4.42. The van der Waals surface area contributed by atoms with Crippen molar-refractivity contribution < 1.29 is 9.50 Å². The van der Waals surface area contributed by atoms with Crippen molar-refractivity contribution in [3.63, 3.8) is 0 Å². The lowest BCUT2D eigenvalue weighted by Gasteiger charge is -2.17. The van der Waals surface area contributed by atoms with Gasteiger partial charge in [0.15, 0.2) is 0 Å². The number of thiophene rings is 1. The van der Waals surface area contributed by atoms with E-state index in [2.05, 4.69) is 11.4 Å². The predicted octanol–water partition coefficient (Wildman–Crippen LogP) is 3.41. The molecule has 4 heteroatoms. The minimum atomic E-state index is -0.697. The van der Waals surface area contributed by atoms with Gasteiger partial charge < -0.3 is 10.4 Å². The van der Waals surface area contributed by atoms with Crippen molar-refractivity contribution >= 4 is 11.3 Å². The molecule has 0 radical (unpaired) electrons. The van der Waals surface area contributed by atoms with E-state index in [1.54, 1.807) is 37.3 Å². The zero-order chi connectivity index (χ0) is 13.9. The smallest absolute Gasteiger partial charge is 0.123 e. The highest BCUT2D eigenvalue weighted by atomic mass is 32.1. The van der Waals surface area contributed by atoms with Crippen LogP contribution in [0.25, 0.3) is 10.4 Å². The molecule has 2 aromatic rings. The summed E-state index contributed by atoms with van der Waals surface area (Å²) in [5, 5.41) is 12.8. The number of nitrogens with one attached hydrogen (secondary N) is 1. The highest BCUT2D eigenvalue weighted by Crippen LogP contribution is 2.28. The second-order valence-electron chi connectivity index (χ2n) is 5.19. The van der Waals surface area contributed by atoms with Crippen molar-refractivity contribution in [2.45, 2.75) is 26.0 Å². The van der Waals surface area contributed by atoms with E-state index in [-0.39, 0.29) is 5.82 Å². The van der Waals surface area contributed by atoms with E-state index in [4.69, 9.17) is 0 Å². The number of halogens is 1. The first kappa shape index (κ1) is 14.2. The SMILES string of the molecule is CC(C)(O)CNCc1ccc(-c2ccc(F)cc2)s1. The molecule has 0 bridgehead atoms. The summed E-state index contributed by atoms with van der Waals surface area (Å²) in [4.78, 5) is 2.32. The van der Waals surface area contributed by atoms with Gasteiger partial charge in [0.2, 0.25) is 0 Å². The lowest BCUT2D eigenvalue weighted by Crippen LogP contribution is -2.34. The quantitative estimate of drug-likeness (QED) is 0.879. The molecule has 0 saturated heterocycles. The van der Waals surface area contributed by atoms with E-state index >= 15 is 0 Å². The molecule has 2 N–H and O–H groups in total. The van der Waals surface area contributed by atoms with Crippen molar-refractivity contribution in [1.82, 2.24) is 5.32 Å². The van der Waals surface area contributed by atoms with Crippen molar-refractivity contribution in [3.8, 4) is 10.4 Å². The largest absolute Gasteiger partial charge is 0.389 e. The molecule has 0 saturated carbocycles. The molecule has 1 aromatic carbocycles. The Hall–Kier alpha value is -1.23. The number of rotatable bonds is 5. The van der Waals surface area contributed by atoms with Gasteiger partial charge in [0, 0.05) is 22.8 Å². The van der Waals surface area contributed by atoms with Gasteiger partial charge in [0.25, 0.3) is 0 Å². The third-order valence-corrected chi connectivity index (χ3v) is 3.78. The highest BCUT2D eigenvalue weighted by molar-refractivity contribution is 7.15. The molecule has 0 fully saturated rings. The summed E-state index contributed by atoms with van der Waals surface area (Å²) in [5.74, 6) is -0.215. The monoisotopic (exact) mass is 279 g/mol. The van der Waals surface area contributed by atoms with E-state index in [0.29, 0.717) is 6.54 Å².